The molecule has 4 N–H and O–H groups in total. The van der Waals surface area contributed by atoms with Crippen molar-refractivity contribution in [2.24, 2.45) is 23.2 Å². The monoisotopic (exact) mass is 575 g/mol. The van der Waals surface area contributed by atoms with E-state index in [1.54, 1.807) is 5.57 Å². The molecule has 1 heterocycles. The van der Waals surface area contributed by atoms with Crippen molar-refractivity contribution in [2.45, 2.75) is 141 Å². The molecule has 0 unspecified atom stereocenters. The van der Waals surface area contributed by atoms with Crippen molar-refractivity contribution in [3.63, 3.8) is 0 Å². The second kappa shape index (κ2) is 13.0. The second-order valence-electron chi connectivity index (χ2n) is 14.0. The summed E-state index contributed by atoms with van der Waals surface area (Å²) in [6.07, 6.45) is 7.08. The summed E-state index contributed by atoms with van der Waals surface area (Å²) in [7, 11) is 0. The van der Waals surface area contributed by atoms with Crippen LogP contribution in [0.4, 0.5) is 0 Å². The maximum absolute atomic E-state index is 11.3. The molecular formula is C33H51O8-. The molecule has 232 valence electrons. The van der Waals surface area contributed by atoms with Gasteiger partial charge < -0.3 is 39.8 Å². The molecule has 0 aromatic rings. The van der Waals surface area contributed by atoms with Gasteiger partial charge in [0.15, 0.2) is 6.29 Å². The van der Waals surface area contributed by atoms with Crippen LogP contribution in [0.3, 0.4) is 0 Å². The fourth-order valence-corrected chi connectivity index (χ4v) is 8.17. The van der Waals surface area contributed by atoms with Gasteiger partial charge in [-0.3, -0.25) is 0 Å². The van der Waals surface area contributed by atoms with Crippen LogP contribution in [0.15, 0.2) is 35.5 Å². The lowest BCUT2D eigenvalue weighted by atomic mass is 9.60. The van der Waals surface area contributed by atoms with Crippen molar-refractivity contribution in [2.75, 3.05) is 0 Å². The number of aliphatic hydroxyl groups is 4. The second-order valence-corrected chi connectivity index (χ2v) is 14.0. The highest BCUT2D eigenvalue weighted by atomic mass is 16.7. The summed E-state index contributed by atoms with van der Waals surface area (Å²) in [5.41, 5.74) is 3.44. The number of carboxylic acids is 1. The van der Waals surface area contributed by atoms with Crippen LogP contribution in [0.2, 0.25) is 0 Å². The molecule has 10 atom stereocenters. The molecule has 0 amide bonds. The highest BCUT2D eigenvalue weighted by Gasteiger charge is 2.51. The highest BCUT2D eigenvalue weighted by molar-refractivity contribution is 5.71. The van der Waals surface area contributed by atoms with E-state index in [4.69, 9.17) is 9.47 Å². The Labute approximate surface area is 245 Å². The van der Waals surface area contributed by atoms with E-state index >= 15 is 0 Å². The van der Waals surface area contributed by atoms with Crippen molar-refractivity contribution in [3.05, 3.63) is 35.5 Å². The average Bonchev–Trinajstić information content (AvgIpc) is 3.26. The molecule has 0 spiro atoms. The van der Waals surface area contributed by atoms with E-state index < -0.39 is 42.3 Å². The number of aliphatic hydroxyl groups excluding tert-OH is 4. The van der Waals surface area contributed by atoms with E-state index in [0.717, 1.165) is 37.7 Å². The van der Waals surface area contributed by atoms with E-state index in [1.807, 2.05) is 13.8 Å². The first-order chi connectivity index (χ1) is 19.2. The molecule has 1 aliphatic heterocycles. The van der Waals surface area contributed by atoms with Crippen LogP contribution in [0.25, 0.3) is 0 Å². The zero-order chi connectivity index (χ0) is 30.1. The molecule has 41 heavy (non-hydrogen) atoms. The molecule has 3 saturated carbocycles. The van der Waals surface area contributed by atoms with E-state index in [-0.39, 0.29) is 11.5 Å². The molecule has 8 heteroatoms. The molecular weight excluding hydrogens is 524 g/mol. The predicted octanol–water partition coefficient (Wildman–Crippen LogP) is 3.32. The third kappa shape index (κ3) is 7.16. The van der Waals surface area contributed by atoms with Crippen LogP contribution in [0.1, 0.15) is 98.3 Å². The standard InChI is InChI=1S/C33H52O8/c1-19-10-13-23(34)18-22(19)12-11-21-9-7-17-33(5)24(14-15-25(21)33)20(2)8-6-16-32(3,4)41-31-28(37)26(35)27(36)29(40-31)30(38)39/h11-12,20,23-29,31,34-37H,1,6-10,13-18H2,2-5H3,(H,38,39)/p-1/b21-11+,22-12-/t20-,23+,24-,25+,26+,27+,28-,29+,31+,33-/m1/s1. The van der Waals surface area contributed by atoms with Gasteiger partial charge in [0.05, 0.1) is 17.7 Å². The summed E-state index contributed by atoms with van der Waals surface area (Å²) < 4.78 is 11.2. The van der Waals surface area contributed by atoms with Gasteiger partial charge >= 0.3 is 0 Å². The van der Waals surface area contributed by atoms with Gasteiger partial charge in [0.1, 0.15) is 24.4 Å². The number of hydrogen-bond donors (Lipinski definition) is 4. The highest BCUT2D eigenvalue weighted by Crippen LogP contribution is 2.60. The van der Waals surface area contributed by atoms with Crippen molar-refractivity contribution in [1.29, 1.82) is 0 Å². The van der Waals surface area contributed by atoms with E-state index in [0.29, 0.717) is 30.6 Å². The van der Waals surface area contributed by atoms with Gasteiger partial charge in [-0.05, 0) is 100 Å². The van der Waals surface area contributed by atoms with Crippen LogP contribution in [0, 0.1) is 23.2 Å². The minimum Gasteiger partial charge on any atom is -0.547 e. The minimum absolute atomic E-state index is 0.257. The molecule has 0 aromatic carbocycles. The molecule has 3 aliphatic carbocycles. The third-order valence-corrected chi connectivity index (χ3v) is 10.6. The molecule has 8 nitrogen and oxygen atoms in total. The molecule has 0 radical (unpaired) electrons. The SMILES string of the molecule is C=C1CC[C@H](O)C/C1=C/C=C1\CCC[C@]2(C)[C@@H]([C@H](C)CCCC(C)(C)O[C@@H]3O[C@H](C(=O)[O-])[C@@H](O)[C@H](O)[C@H]3O)CC[C@@H]12. The van der Waals surface area contributed by atoms with Gasteiger partial charge in [-0.2, -0.15) is 0 Å². The lowest BCUT2D eigenvalue weighted by molar-refractivity contribution is -0.357. The van der Waals surface area contributed by atoms with Crippen LogP contribution in [0.5, 0.6) is 0 Å². The normalized spacial score (nSPS) is 41.0. The number of hydrogen-bond acceptors (Lipinski definition) is 8. The van der Waals surface area contributed by atoms with E-state index in [2.05, 4.69) is 32.6 Å². The molecule has 4 rings (SSSR count). The summed E-state index contributed by atoms with van der Waals surface area (Å²) in [6, 6.07) is 0. The number of fused-ring (bicyclic) bond motifs is 1. The predicted molar refractivity (Wildman–Crippen MR) is 153 cm³/mol. The van der Waals surface area contributed by atoms with Gasteiger partial charge in [-0.25, -0.2) is 0 Å². The number of carbonyl (C=O) groups excluding carboxylic acids is 1. The maximum Gasteiger partial charge on any atom is 0.187 e. The number of carbonyl (C=O) groups is 1. The van der Waals surface area contributed by atoms with Gasteiger partial charge in [0, 0.05) is 0 Å². The Morgan fingerprint density at radius 2 is 1.88 bits per heavy atom. The number of carboxylic acid groups (broad SMARTS) is 1. The molecule has 4 aliphatic rings. The van der Waals surface area contributed by atoms with Gasteiger partial charge in [0.25, 0.3) is 0 Å². The Morgan fingerprint density at radius 3 is 2.59 bits per heavy atom. The Balaban J connectivity index is 1.33. The molecule has 0 bridgehead atoms. The first-order valence-corrected chi connectivity index (χ1v) is 15.6. The summed E-state index contributed by atoms with van der Waals surface area (Å²) in [5, 5.41) is 51.8. The van der Waals surface area contributed by atoms with Gasteiger partial charge in [-0.15, -0.1) is 0 Å². The first-order valence-electron chi connectivity index (χ1n) is 15.6. The molecule has 0 aromatic heterocycles. The third-order valence-electron chi connectivity index (χ3n) is 10.6. The van der Waals surface area contributed by atoms with Crippen molar-refractivity contribution in [1.82, 2.24) is 0 Å². The lowest BCUT2D eigenvalue weighted by Crippen LogP contribution is -2.63. The van der Waals surface area contributed by atoms with Crippen molar-refractivity contribution in [3.8, 4) is 0 Å². The first kappa shape index (κ1) is 32.4. The topological polar surface area (TPSA) is 140 Å². The zero-order valence-corrected chi connectivity index (χ0v) is 25.3. The Kier molecular flexibility index (Phi) is 10.2. The number of allylic oxidation sites excluding steroid dienone is 4. The Morgan fingerprint density at radius 1 is 1.15 bits per heavy atom. The fraction of sp³-hybridized carbons (Fsp3) is 0.788. The summed E-state index contributed by atoms with van der Waals surface area (Å²) in [4.78, 5) is 11.3. The van der Waals surface area contributed by atoms with Crippen molar-refractivity contribution < 1.29 is 39.8 Å². The van der Waals surface area contributed by atoms with Crippen LogP contribution >= 0.6 is 0 Å². The van der Waals surface area contributed by atoms with E-state index in [1.165, 1.54) is 31.3 Å². The molecule has 1 saturated heterocycles. The molecule has 4 fully saturated rings. The van der Waals surface area contributed by atoms with Crippen LogP contribution in [-0.2, 0) is 14.3 Å². The Bertz CT molecular complexity index is 1020. The van der Waals surface area contributed by atoms with Crippen LogP contribution < -0.4 is 5.11 Å². The van der Waals surface area contributed by atoms with Crippen LogP contribution in [-0.4, -0.2) is 68.8 Å². The summed E-state index contributed by atoms with van der Waals surface area (Å²) in [6.45, 7) is 12.8. The maximum atomic E-state index is 11.3. The average molecular weight is 576 g/mol. The quantitative estimate of drug-likeness (QED) is 0.328. The number of ether oxygens (including phenoxy) is 2. The smallest absolute Gasteiger partial charge is 0.187 e. The largest absolute Gasteiger partial charge is 0.547 e. The summed E-state index contributed by atoms with van der Waals surface area (Å²) >= 11 is 0. The lowest BCUT2D eigenvalue weighted by Gasteiger charge is -2.45. The fourth-order valence-electron chi connectivity index (χ4n) is 8.17. The van der Waals surface area contributed by atoms with E-state index in [9.17, 15) is 30.3 Å². The zero-order valence-electron chi connectivity index (χ0n) is 25.3. The number of rotatable bonds is 9. The number of aliphatic carboxylic acids is 1. The Hall–Kier alpha value is -1.55. The van der Waals surface area contributed by atoms with Gasteiger partial charge in [0.2, 0.25) is 0 Å². The van der Waals surface area contributed by atoms with Crippen molar-refractivity contribution >= 4 is 5.97 Å². The van der Waals surface area contributed by atoms with Gasteiger partial charge in [-0.1, -0.05) is 56.6 Å². The minimum atomic E-state index is -1.79. The summed E-state index contributed by atoms with van der Waals surface area (Å²) in [5.74, 6) is 0.0826.